The van der Waals surface area contributed by atoms with Crippen molar-refractivity contribution in [2.75, 3.05) is 26.6 Å². The van der Waals surface area contributed by atoms with Crippen LogP contribution in [0, 0.1) is 6.92 Å². The number of carbonyl (C=O) groups is 2. The molecule has 5 rings (SSSR count). The molecule has 0 fully saturated rings. The molecule has 0 aliphatic rings. The zero-order chi connectivity index (χ0) is 25.6. The van der Waals surface area contributed by atoms with Gasteiger partial charge < -0.3 is 24.5 Å². The average molecular weight is 485 g/mol. The summed E-state index contributed by atoms with van der Waals surface area (Å²) in [6, 6.07) is 13.2. The first-order valence-electron chi connectivity index (χ1n) is 11.2. The van der Waals surface area contributed by atoms with Gasteiger partial charge in [0.05, 0.1) is 38.2 Å². The first-order chi connectivity index (χ1) is 17.4. The molecule has 5 aromatic rings. The van der Waals surface area contributed by atoms with E-state index >= 15 is 0 Å². The van der Waals surface area contributed by atoms with Gasteiger partial charge in [0.2, 0.25) is 5.91 Å². The summed E-state index contributed by atoms with van der Waals surface area (Å²) >= 11 is 0. The third-order valence-corrected chi connectivity index (χ3v) is 6.15. The Morgan fingerprint density at radius 2 is 1.75 bits per heavy atom. The molecule has 2 aromatic carbocycles. The highest BCUT2D eigenvalue weighted by Crippen LogP contribution is 2.41. The number of aryl methyl sites for hydroxylation is 1. The first-order valence-corrected chi connectivity index (χ1v) is 11.2. The number of para-hydroxylation sites is 1. The smallest absolute Gasteiger partial charge is 0.356 e. The van der Waals surface area contributed by atoms with Gasteiger partial charge in [-0.05, 0) is 30.7 Å². The third-order valence-electron chi connectivity index (χ3n) is 6.15. The fourth-order valence-electron chi connectivity index (χ4n) is 4.58. The molecular weight excluding hydrogens is 460 g/mol. The highest BCUT2D eigenvalue weighted by Gasteiger charge is 2.23. The second-order valence-electron chi connectivity index (χ2n) is 8.28. The van der Waals surface area contributed by atoms with Crippen molar-refractivity contribution in [2.45, 2.75) is 13.8 Å². The van der Waals surface area contributed by atoms with E-state index in [1.165, 1.54) is 21.1 Å². The molecule has 1 amide bonds. The van der Waals surface area contributed by atoms with Gasteiger partial charge in [0.15, 0.2) is 11.4 Å². The Bertz CT molecular complexity index is 1690. The quantitative estimate of drug-likeness (QED) is 0.337. The standard InChI is InChI=1S/C27H24N4O5/c1-13-21-15-8-6-7-9-17(15)29-25(21)24(31-22(13)27(33)36-5)18-11-10-16-20(34-3)12-19(28-14(2)32)26(35-4)23(16)30-18/h6-12,29H,1-5H3,(H,28,32). The summed E-state index contributed by atoms with van der Waals surface area (Å²) in [4.78, 5) is 37.5. The summed E-state index contributed by atoms with van der Waals surface area (Å²) in [5.74, 6) is 0.120. The molecule has 0 saturated heterocycles. The topological polar surface area (TPSA) is 115 Å². The highest BCUT2D eigenvalue weighted by atomic mass is 16.5. The molecule has 9 nitrogen and oxygen atoms in total. The van der Waals surface area contributed by atoms with Gasteiger partial charge in [-0.3, -0.25) is 4.79 Å². The molecule has 0 bridgehead atoms. The number of pyridine rings is 2. The molecule has 0 aliphatic heterocycles. The van der Waals surface area contributed by atoms with Crippen LogP contribution in [0.25, 0.3) is 44.1 Å². The largest absolute Gasteiger partial charge is 0.496 e. The van der Waals surface area contributed by atoms with Crippen LogP contribution < -0.4 is 14.8 Å². The number of fused-ring (bicyclic) bond motifs is 4. The monoisotopic (exact) mass is 484 g/mol. The van der Waals surface area contributed by atoms with Crippen LogP contribution in [-0.4, -0.2) is 48.2 Å². The van der Waals surface area contributed by atoms with Crippen molar-refractivity contribution in [2.24, 2.45) is 0 Å². The molecule has 3 aromatic heterocycles. The molecule has 0 aliphatic carbocycles. The van der Waals surface area contributed by atoms with Crippen molar-refractivity contribution < 1.29 is 23.8 Å². The van der Waals surface area contributed by atoms with Crippen molar-refractivity contribution in [3.8, 4) is 22.9 Å². The van der Waals surface area contributed by atoms with Crippen LogP contribution in [0.1, 0.15) is 23.0 Å². The predicted octanol–water partition coefficient (Wildman–Crippen LogP) is 5.00. The van der Waals surface area contributed by atoms with Gasteiger partial charge in [-0.15, -0.1) is 0 Å². The first kappa shape index (κ1) is 23.1. The van der Waals surface area contributed by atoms with E-state index in [4.69, 9.17) is 24.2 Å². The zero-order valence-electron chi connectivity index (χ0n) is 20.5. The number of H-pyrrole nitrogens is 1. The van der Waals surface area contributed by atoms with Crippen LogP contribution in [0.5, 0.6) is 11.5 Å². The minimum atomic E-state index is -0.533. The lowest BCUT2D eigenvalue weighted by atomic mass is 10.0. The number of esters is 1. The lowest BCUT2D eigenvalue weighted by Crippen LogP contribution is -2.09. The van der Waals surface area contributed by atoms with E-state index in [1.807, 2.05) is 43.3 Å². The van der Waals surface area contributed by atoms with Gasteiger partial charge in [0, 0.05) is 34.7 Å². The number of nitrogens with one attached hydrogen (secondary N) is 2. The SMILES string of the molecule is COC(=O)c1nc(-c2ccc3c(OC)cc(NC(C)=O)c(OC)c3n2)c2[nH]c3ccccc3c2c1C. The summed E-state index contributed by atoms with van der Waals surface area (Å²) in [6.07, 6.45) is 0. The number of hydrogen-bond donors (Lipinski definition) is 2. The molecule has 0 radical (unpaired) electrons. The van der Waals surface area contributed by atoms with Gasteiger partial charge in [-0.25, -0.2) is 14.8 Å². The number of ether oxygens (including phenoxy) is 3. The van der Waals surface area contributed by atoms with E-state index in [0.717, 1.165) is 21.8 Å². The molecule has 9 heteroatoms. The van der Waals surface area contributed by atoms with Gasteiger partial charge >= 0.3 is 5.97 Å². The Morgan fingerprint density at radius 3 is 2.44 bits per heavy atom. The number of methoxy groups -OCH3 is 3. The van der Waals surface area contributed by atoms with Gasteiger partial charge in [0.25, 0.3) is 0 Å². The van der Waals surface area contributed by atoms with Crippen molar-refractivity contribution in [1.29, 1.82) is 0 Å². The summed E-state index contributed by atoms with van der Waals surface area (Å²) in [7, 11) is 4.39. The second-order valence-corrected chi connectivity index (χ2v) is 8.28. The molecule has 2 N–H and O–H groups in total. The highest BCUT2D eigenvalue weighted by molar-refractivity contribution is 6.15. The number of nitrogens with zero attached hydrogens (tertiary/aromatic N) is 2. The normalized spacial score (nSPS) is 11.1. The molecule has 3 heterocycles. The molecule has 0 atom stereocenters. The van der Waals surface area contributed by atoms with Gasteiger partial charge in [-0.2, -0.15) is 0 Å². The van der Waals surface area contributed by atoms with Gasteiger partial charge in [0.1, 0.15) is 17.0 Å². The van der Waals surface area contributed by atoms with Crippen LogP contribution in [0.4, 0.5) is 5.69 Å². The van der Waals surface area contributed by atoms with Crippen LogP contribution in [-0.2, 0) is 9.53 Å². The Hall–Kier alpha value is -4.66. The average Bonchev–Trinajstić information content (AvgIpc) is 3.27. The van der Waals surface area contributed by atoms with Crippen LogP contribution in [0.3, 0.4) is 0 Å². The zero-order valence-corrected chi connectivity index (χ0v) is 20.5. The third kappa shape index (κ3) is 3.56. The minimum absolute atomic E-state index is 0.211. The molecular formula is C27H24N4O5. The summed E-state index contributed by atoms with van der Waals surface area (Å²) < 4.78 is 16.2. The second kappa shape index (κ2) is 8.84. The Kier molecular flexibility index (Phi) is 5.68. The van der Waals surface area contributed by atoms with Crippen molar-refractivity contribution in [1.82, 2.24) is 15.0 Å². The van der Waals surface area contributed by atoms with E-state index < -0.39 is 5.97 Å². The Labute approximate surface area is 206 Å². The maximum absolute atomic E-state index is 12.7. The van der Waals surface area contributed by atoms with Crippen molar-refractivity contribution in [3.05, 3.63) is 53.7 Å². The minimum Gasteiger partial charge on any atom is -0.496 e. The lowest BCUT2D eigenvalue weighted by Gasteiger charge is -2.16. The van der Waals surface area contributed by atoms with Gasteiger partial charge in [-0.1, -0.05) is 18.2 Å². The number of amides is 1. The maximum Gasteiger partial charge on any atom is 0.356 e. The molecule has 0 spiro atoms. The fraction of sp³-hybridized carbons (Fsp3) is 0.185. The van der Waals surface area contributed by atoms with Crippen LogP contribution in [0.2, 0.25) is 0 Å². The van der Waals surface area contributed by atoms with Crippen molar-refractivity contribution in [3.63, 3.8) is 0 Å². The number of carbonyl (C=O) groups excluding carboxylic acids is 2. The van der Waals surface area contributed by atoms with E-state index in [9.17, 15) is 9.59 Å². The number of rotatable bonds is 5. The number of anilines is 1. The summed E-state index contributed by atoms with van der Waals surface area (Å²) in [5.41, 5.74) is 4.48. The summed E-state index contributed by atoms with van der Waals surface area (Å²) in [6.45, 7) is 3.27. The van der Waals surface area contributed by atoms with E-state index in [1.54, 1.807) is 13.2 Å². The number of hydrogen-bond acceptors (Lipinski definition) is 7. The molecule has 182 valence electrons. The van der Waals surface area contributed by atoms with E-state index in [0.29, 0.717) is 45.0 Å². The molecule has 0 saturated carbocycles. The van der Waals surface area contributed by atoms with Crippen molar-refractivity contribution >= 4 is 50.3 Å². The molecule has 36 heavy (non-hydrogen) atoms. The molecule has 0 unspecified atom stereocenters. The van der Waals surface area contributed by atoms with E-state index in [2.05, 4.69) is 10.3 Å². The van der Waals surface area contributed by atoms with Crippen LogP contribution >= 0.6 is 0 Å². The lowest BCUT2D eigenvalue weighted by molar-refractivity contribution is -0.114. The number of aromatic amines is 1. The predicted molar refractivity (Wildman–Crippen MR) is 138 cm³/mol. The Morgan fingerprint density at radius 1 is 0.972 bits per heavy atom. The fourth-order valence-corrected chi connectivity index (χ4v) is 4.58. The Balaban J connectivity index is 1.87. The number of aromatic nitrogens is 3. The van der Waals surface area contributed by atoms with Crippen LogP contribution in [0.15, 0.2) is 42.5 Å². The van der Waals surface area contributed by atoms with E-state index in [-0.39, 0.29) is 11.6 Å². The number of benzene rings is 2. The summed E-state index contributed by atoms with van der Waals surface area (Å²) in [5, 5.41) is 5.30. The maximum atomic E-state index is 12.7.